The van der Waals surface area contributed by atoms with Gasteiger partial charge in [0.25, 0.3) is 0 Å². The first kappa shape index (κ1) is 14.8. The Labute approximate surface area is 141 Å². The summed E-state index contributed by atoms with van der Waals surface area (Å²) < 4.78 is 12.2. The van der Waals surface area contributed by atoms with Crippen LogP contribution in [0.2, 0.25) is 0 Å². The van der Waals surface area contributed by atoms with E-state index in [0.717, 1.165) is 17.7 Å². The number of hydrogen-bond donors (Lipinski definition) is 0. The van der Waals surface area contributed by atoms with Crippen LogP contribution in [0.25, 0.3) is 16.4 Å². The predicted molar refractivity (Wildman–Crippen MR) is 87.6 cm³/mol. The molecule has 0 bridgehead atoms. The summed E-state index contributed by atoms with van der Waals surface area (Å²) in [6, 6.07) is 6.01. The van der Waals surface area contributed by atoms with Crippen LogP contribution >= 0.6 is 11.3 Å². The van der Waals surface area contributed by atoms with Gasteiger partial charge in [-0.15, -0.1) is 16.4 Å². The summed E-state index contributed by atoms with van der Waals surface area (Å²) >= 11 is 1.31. The third kappa shape index (κ3) is 2.54. The molecule has 0 spiro atoms. The molecule has 7 nitrogen and oxygen atoms in total. The molecule has 0 N–H and O–H groups in total. The largest absolute Gasteiger partial charge is 0.492 e. The van der Waals surface area contributed by atoms with Crippen LogP contribution in [0.1, 0.15) is 23.0 Å². The van der Waals surface area contributed by atoms with E-state index in [1.165, 1.54) is 16.9 Å². The average Bonchev–Trinajstić information content (AvgIpc) is 3.33. The summed E-state index contributed by atoms with van der Waals surface area (Å²) in [5.41, 5.74) is 3.08. The number of fused-ring (bicyclic) bond motifs is 1. The molecule has 24 heavy (non-hydrogen) atoms. The maximum Gasteiger partial charge on any atom is 0.357 e. The zero-order chi connectivity index (χ0) is 16.5. The maximum atomic E-state index is 11.7. The van der Waals surface area contributed by atoms with E-state index in [1.54, 1.807) is 23.2 Å². The maximum absolute atomic E-state index is 11.7. The van der Waals surface area contributed by atoms with Gasteiger partial charge in [0.2, 0.25) is 5.13 Å². The molecule has 0 amide bonds. The van der Waals surface area contributed by atoms with Gasteiger partial charge >= 0.3 is 5.97 Å². The Bertz CT molecular complexity index is 902. The van der Waals surface area contributed by atoms with E-state index in [-0.39, 0.29) is 5.69 Å². The van der Waals surface area contributed by atoms with Gasteiger partial charge in [-0.3, -0.25) is 0 Å². The standard InChI is InChI=1S/C16H14N4O3S/c1-2-22-15(21)13-9-24-16(17-13)20-8-12(18-19-20)11-5-3-4-10-6-7-23-14(10)11/h3-5,8-9H,2,6-7H2,1H3. The van der Waals surface area contributed by atoms with Crippen molar-refractivity contribution in [3.63, 3.8) is 0 Å². The molecule has 1 aliphatic heterocycles. The van der Waals surface area contributed by atoms with Gasteiger partial charge < -0.3 is 9.47 Å². The molecule has 0 unspecified atom stereocenters. The number of hydrogen-bond acceptors (Lipinski definition) is 7. The Morgan fingerprint density at radius 1 is 1.46 bits per heavy atom. The summed E-state index contributed by atoms with van der Waals surface area (Å²) in [6.07, 6.45) is 2.69. The van der Waals surface area contributed by atoms with Gasteiger partial charge in [0.05, 0.1) is 19.4 Å². The Hall–Kier alpha value is -2.74. The number of esters is 1. The van der Waals surface area contributed by atoms with E-state index in [9.17, 15) is 4.79 Å². The minimum Gasteiger partial charge on any atom is -0.492 e. The van der Waals surface area contributed by atoms with E-state index in [1.807, 2.05) is 12.1 Å². The van der Waals surface area contributed by atoms with Crippen LogP contribution in [-0.4, -0.2) is 39.2 Å². The smallest absolute Gasteiger partial charge is 0.357 e. The third-order valence-electron chi connectivity index (χ3n) is 3.66. The predicted octanol–water partition coefficient (Wildman–Crippen LogP) is 2.50. The summed E-state index contributed by atoms with van der Waals surface area (Å²) in [4.78, 5) is 16.0. The summed E-state index contributed by atoms with van der Waals surface area (Å²) in [7, 11) is 0. The number of aromatic nitrogens is 4. The van der Waals surface area contributed by atoms with Crippen molar-refractivity contribution in [3.8, 4) is 22.1 Å². The number of benzene rings is 1. The number of rotatable bonds is 4. The van der Waals surface area contributed by atoms with Crippen LogP contribution in [-0.2, 0) is 11.2 Å². The Morgan fingerprint density at radius 3 is 3.25 bits per heavy atom. The lowest BCUT2D eigenvalue weighted by atomic mass is 10.1. The van der Waals surface area contributed by atoms with Crippen LogP contribution in [0, 0.1) is 0 Å². The second kappa shape index (κ2) is 6.04. The van der Waals surface area contributed by atoms with Crippen molar-refractivity contribution in [2.45, 2.75) is 13.3 Å². The minimum absolute atomic E-state index is 0.276. The van der Waals surface area contributed by atoms with Gasteiger partial charge in [0.15, 0.2) is 5.69 Å². The first-order valence-corrected chi connectivity index (χ1v) is 8.44. The molecular formula is C16H14N4O3S. The summed E-state index contributed by atoms with van der Waals surface area (Å²) in [6.45, 7) is 2.77. The third-order valence-corrected chi connectivity index (χ3v) is 4.49. The molecule has 0 atom stereocenters. The van der Waals surface area contributed by atoms with E-state index in [4.69, 9.17) is 9.47 Å². The SMILES string of the molecule is CCOC(=O)c1csc(-n2cc(-c3cccc4c3OCC4)nn2)n1. The first-order valence-electron chi connectivity index (χ1n) is 7.56. The molecule has 1 aliphatic rings. The number of carbonyl (C=O) groups is 1. The molecule has 3 heterocycles. The number of carbonyl (C=O) groups excluding carboxylic acids is 1. The van der Waals surface area contributed by atoms with Crippen molar-refractivity contribution >= 4 is 17.3 Å². The van der Waals surface area contributed by atoms with Gasteiger partial charge in [0, 0.05) is 17.4 Å². The van der Waals surface area contributed by atoms with Crippen molar-refractivity contribution in [1.29, 1.82) is 0 Å². The second-order valence-electron chi connectivity index (χ2n) is 5.18. The molecule has 1 aromatic carbocycles. The Balaban J connectivity index is 1.64. The van der Waals surface area contributed by atoms with E-state index in [0.29, 0.717) is 24.0 Å². The van der Waals surface area contributed by atoms with Crippen molar-refractivity contribution in [3.05, 3.63) is 41.0 Å². The summed E-state index contributed by atoms with van der Waals surface area (Å²) in [5.74, 6) is 0.436. The van der Waals surface area contributed by atoms with Crippen molar-refractivity contribution < 1.29 is 14.3 Å². The normalized spacial score (nSPS) is 12.7. The highest BCUT2D eigenvalue weighted by atomic mass is 32.1. The number of thiazole rings is 1. The second-order valence-corrected chi connectivity index (χ2v) is 6.01. The average molecular weight is 342 g/mol. The fourth-order valence-corrected chi connectivity index (χ4v) is 3.28. The van der Waals surface area contributed by atoms with Gasteiger partial charge in [-0.1, -0.05) is 17.3 Å². The molecule has 0 radical (unpaired) electrons. The van der Waals surface area contributed by atoms with E-state index < -0.39 is 5.97 Å². The molecule has 0 fully saturated rings. The first-order chi connectivity index (χ1) is 11.8. The Kier molecular flexibility index (Phi) is 3.73. The zero-order valence-electron chi connectivity index (χ0n) is 12.9. The van der Waals surface area contributed by atoms with E-state index in [2.05, 4.69) is 21.4 Å². The molecule has 3 aromatic rings. The highest BCUT2D eigenvalue weighted by Crippen LogP contribution is 2.35. The lowest BCUT2D eigenvalue weighted by molar-refractivity contribution is 0.0520. The molecule has 0 saturated carbocycles. The molecule has 8 heteroatoms. The highest BCUT2D eigenvalue weighted by molar-refractivity contribution is 7.12. The monoisotopic (exact) mass is 342 g/mol. The van der Waals surface area contributed by atoms with E-state index >= 15 is 0 Å². The summed E-state index contributed by atoms with van der Waals surface area (Å²) in [5, 5.41) is 10.5. The van der Waals surface area contributed by atoms with Crippen molar-refractivity contribution in [2.75, 3.05) is 13.2 Å². The number of ether oxygens (including phenoxy) is 2. The topological polar surface area (TPSA) is 79.1 Å². The molecule has 122 valence electrons. The Morgan fingerprint density at radius 2 is 2.38 bits per heavy atom. The van der Waals surface area contributed by atoms with Crippen LogP contribution in [0.4, 0.5) is 0 Å². The van der Waals surface area contributed by atoms with Crippen LogP contribution in [0.5, 0.6) is 5.75 Å². The quantitative estimate of drug-likeness (QED) is 0.678. The highest BCUT2D eigenvalue weighted by Gasteiger charge is 2.20. The van der Waals surface area contributed by atoms with Crippen molar-refractivity contribution in [1.82, 2.24) is 20.0 Å². The van der Waals surface area contributed by atoms with Gasteiger partial charge in [-0.05, 0) is 18.6 Å². The number of nitrogens with zero attached hydrogens (tertiary/aromatic N) is 4. The van der Waals surface area contributed by atoms with Crippen molar-refractivity contribution in [2.24, 2.45) is 0 Å². The van der Waals surface area contributed by atoms with Gasteiger partial charge in [0.1, 0.15) is 11.4 Å². The fraction of sp³-hybridized carbons (Fsp3) is 0.250. The van der Waals surface area contributed by atoms with Gasteiger partial charge in [-0.25, -0.2) is 9.78 Å². The van der Waals surface area contributed by atoms with Crippen LogP contribution < -0.4 is 4.74 Å². The minimum atomic E-state index is -0.436. The molecule has 2 aromatic heterocycles. The fourth-order valence-electron chi connectivity index (χ4n) is 2.57. The molecular weight excluding hydrogens is 328 g/mol. The van der Waals surface area contributed by atoms with Crippen LogP contribution in [0.15, 0.2) is 29.8 Å². The molecule has 4 rings (SSSR count). The number of para-hydroxylation sites is 1. The zero-order valence-corrected chi connectivity index (χ0v) is 13.7. The molecule has 0 aliphatic carbocycles. The van der Waals surface area contributed by atoms with Gasteiger partial charge in [-0.2, -0.15) is 4.68 Å². The molecule has 0 saturated heterocycles. The van der Waals surface area contributed by atoms with Crippen LogP contribution in [0.3, 0.4) is 0 Å². The lowest BCUT2D eigenvalue weighted by Gasteiger charge is -2.04. The lowest BCUT2D eigenvalue weighted by Crippen LogP contribution is -2.05.